The Balaban J connectivity index is 2.18. The van der Waals surface area contributed by atoms with Crippen molar-refractivity contribution in [2.45, 2.75) is 12.5 Å². The van der Waals surface area contributed by atoms with E-state index in [4.69, 9.17) is 21.4 Å². The highest BCUT2D eigenvalue weighted by Crippen LogP contribution is 2.24. The van der Waals surface area contributed by atoms with Crippen LogP contribution in [0.4, 0.5) is 10.5 Å². The molecule has 1 saturated heterocycles. The van der Waals surface area contributed by atoms with Gasteiger partial charge in [0.05, 0.1) is 19.6 Å². The largest absolute Gasteiger partial charge is 0.469 e. The second kappa shape index (κ2) is 6.67. The van der Waals surface area contributed by atoms with Crippen molar-refractivity contribution in [3.63, 3.8) is 0 Å². The summed E-state index contributed by atoms with van der Waals surface area (Å²) in [6, 6.07) is 7.03. The number of benzene rings is 1. The molecule has 0 aliphatic carbocycles. The lowest BCUT2D eigenvalue weighted by atomic mass is 10.1. The molecule has 0 bridgehead atoms. The molecule has 114 valence electrons. The van der Waals surface area contributed by atoms with Crippen LogP contribution in [0.25, 0.3) is 0 Å². The number of carbonyl (C=O) groups excluding carboxylic acids is 1. The van der Waals surface area contributed by atoms with E-state index in [0.717, 1.165) is 5.69 Å². The molecule has 1 aliphatic heterocycles. The van der Waals surface area contributed by atoms with Crippen molar-refractivity contribution in [2.24, 2.45) is 0 Å². The molecule has 1 N–H and O–H groups in total. The zero-order valence-corrected chi connectivity index (χ0v) is 12.4. The first kappa shape index (κ1) is 15.4. The Morgan fingerprint density at radius 2 is 2.00 bits per heavy atom. The van der Waals surface area contributed by atoms with Gasteiger partial charge >= 0.3 is 12.1 Å². The smallest absolute Gasteiger partial charge is 0.407 e. The summed E-state index contributed by atoms with van der Waals surface area (Å²) in [5, 5.41) is 9.75. The number of piperazine rings is 1. The Bertz CT molecular complexity index is 520. The van der Waals surface area contributed by atoms with Gasteiger partial charge in [0.25, 0.3) is 0 Å². The second-order valence-corrected chi connectivity index (χ2v) is 5.27. The van der Waals surface area contributed by atoms with Crippen LogP contribution in [0, 0.1) is 0 Å². The van der Waals surface area contributed by atoms with Gasteiger partial charge in [0.1, 0.15) is 0 Å². The van der Waals surface area contributed by atoms with Crippen molar-refractivity contribution >= 4 is 29.4 Å². The van der Waals surface area contributed by atoms with Crippen molar-refractivity contribution in [1.29, 1.82) is 0 Å². The van der Waals surface area contributed by atoms with Gasteiger partial charge < -0.3 is 19.6 Å². The summed E-state index contributed by atoms with van der Waals surface area (Å²) >= 11 is 5.88. The van der Waals surface area contributed by atoms with E-state index in [0.29, 0.717) is 18.1 Å². The first-order valence-electron chi connectivity index (χ1n) is 6.58. The zero-order valence-electron chi connectivity index (χ0n) is 11.7. The van der Waals surface area contributed by atoms with Crippen molar-refractivity contribution in [2.75, 3.05) is 31.6 Å². The maximum absolute atomic E-state index is 11.6. The van der Waals surface area contributed by atoms with E-state index in [1.807, 2.05) is 17.0 Å². The molecular weight excluding hydrogens is 296 g/mol. The molecule has 0 spiro atoms. The average Bonchev–Trinajstić information content (AvgIpc) is 2.48. The third-order valence-corrected chi connectivity index (χ3v) is 3.79. The molecule has 1 aromatic carbocycles. The molecule has 1 unspecified atom stereocenters. The third kappa shape index (κ3) is 3.78. The Labute approximate surface area is 127 Å². The maximum atomic E-state index is 11.6. The number of nitrogens with zero attached hydrogens (tertiary/aromatic N) is 2. The molecule has 0 radical (unpaired) electrons. The SMILES string of the molecule is COC(=O)CC1CN(C(=O)O)CCN1c1ccc(Cl)cc1. The van der Waals surface area contributed by atoms with E-state index < -0.39 is 6.09 Å². The van der Waals surface area contributed by atoms with Gasteiger partial charge in [0.15, 0.2) is 0 Å². The third-order valence-electron chi connectivity index (χ3n) is 3.54. The van der Waals surface area contributed by atoms with E-state index in [9.17, 15) is 9.59 Å². The minimum Gasteiger partial charge on any atom is -0.469 e. The first-order chi connectivity index (χ1) is 10.0. The number of carbonyl (C=O) groups is 2. The summed E-state index contributed by atoms with van der Waals surface area (Å²) in [6.45, 7) is 1.19. The van der Waals surface area contributed by atoms with E-state index in [1.54, 1.807) is 12.1 Å². The number of amides is 1. The number of anilines is 1. The van der Waals surface area contributed by atoms with Crippen molar-refractivity contribution in [3.05, 3.63) is 29.3 Å². The molecule has 1 fully saturated rings. The van der Waals surface area contributed by atoms with Crippen LogP contribution in [0.15, 0.2) is 24.3 Å². The molecule has 1 amide bonds. The molecule has 6 nitrogen and oxygen atoms in total. The van der Waals surface area contributed by atoms with Crippen molar-refractivity contribution in [3.8, 4) is 0 Å². The average molecular weight is 313 g/mol. The predicted octanol–water partition coefficient (Wildman–Crippen LogP) is 2.07. The van der Waals surface area contributed by atoms with E-state index in [1.165, 1.54) is 12.0 Å². The molecule has 1 atom stereocenters. The molecule has 1 aromatic rings. The van der Waals surface area contributed by atoms with Gasteiger partial charge in [-0.25, -0.2) is 4.79 Å². The number of methoxy groups -OCH3 is 1. The van der Waals surface area contributed by atoms with Crippen LogP contribution < -0.4 is 4.90 Å². The predicted molar refractivity (Wildman–Crippen MR) is 78.8 cm³/mol. The minimum absolute atomic E-state index is 0.142. The van der Waals surface area contributed by atoms with Crippen LogP contribution in [0.5, 0.6) is 0 Å². The molecular formula is C14H17ClN2O4. The number of carboxylic acid groups (broad SMARTS) is 1. The molecule has 0 aromatic heterocycles. The van der Waals surface area contributed by atoms with E-state index in [2.05, 4.69) is 0 Å². The number of hydrogen-bond acceptors (Lipinski definition) is 4. The number of esters is 1. The molecule has 1 heterocycles. The van der Waals surface area contributed by atoms with E-state index >= 15 is 0 Å². The molecule has 2 rings (SSSR count). The summed E-state index contributed by atoms with van der Waals surface area (Å²) in [6.07, 6.45) is -0.830. The lowest BCUT2D eigenvalue weighted by molar-refractivity contribution is -0.141. The number of ether oxygens (including phenoxy) is 1. The van der Waals surface area contributed by atoms with Gasteiger partial charge in [-0.15, -0.1) is 0 Å². The molecule has 0 saturated carbocycles. The molecule has 1 aliphatic rings. The first-order valence-corrected chi connectivity index (χ1v) is 6.96. The quantitative estimate of drug-likeness (QED) is 0.865. The highest BCUT2D eigenvalue weighted by atomic mass is 35.5. The van der Waals surface area contributed by atoms with Crippen LogP contribution in [-0.4, -0.2) is 54.9 Å². The summed E-state index contributed by atoms with van der Waals surface area (Å²) in [5.74, 6) is -0.355. The highest BCUT2D eigenvalue weighted by Gasteiger charge is 2.31. The van der Waals surface area contributed by atoms with Crippen LogP contribution >= 0.6 is 11.6 Å². The fraction of sp³-hybridized carbons (Fsp3) is 0.429. The Kier molecular flexibility index (Phi) is 4.90. The van der Waals surface area contributed by atoms with Gasteiger partial charge in [0, 0.05) is 30.3 Å². The maximum Gasteiger partial charge on any atom is 0.407 e. The minimum atomic E-state index is -0.972. The topological polar surface area (TPSA) is 70.1 Å². The second-order valence-electron chi connectivity index (χ2n) is 4.83. The Morgan fingerprint density at radius 3 is 2.57 bits per heavy atom. The number of rotatable bonds is 3. The zero-order chi connectivity index (χ0) is 15.4. The van der Waals surface area contributed by atoms with Crippen molar-refractivity contribution < 1.29 is 19.4 Å². The standard InChI is InChI=1S/C14H17ClN2O4/c1-21-13(18)8-12-9-16(14(19)20)6-7-17(12)11-4-2-10(15)3-5-11/h2-5,12H,6-9H2,1H3,(H,19,20). The monoisotopic (exact) mass is 312 g/mol. The molecule has 21 heavy (non-hydrogen) atoms. The lowest BCUT2D eigenvalue weighted by Crippen LogP contribution is -2.55. The fourth-order valence-corrected chi connectivity index (χ4v) is 2.58. The Morgan fingerprint density at radius 1 is 1.33 bits per heavy atom. The number of hydrogen-bond donors (Lipinski definition) is 1. The summed E-state index contributed by atoms with van der Waals surface area (Å²) in [4.78, 5) is 26.0. The van der Waals surface area contributed by atoms with Gasteiger partial charge in [0.2, 0.25) is 0 Å². The van der Waals surface area contributed by atoms with Crippen LogP contribution in [0.3, 0.4) is 0 Å². The fourth-order valence-electron chi connectivity index (χ4n) is 2.45. The van der Waals surface area contributed by atoms with Gasteiger partial charge in [-0.05, 0) is 24.3 Å². The highest BCUT2D eigenvalue weighted by molar-refractivity contribution is 6.30. The normalized spacial score (nSPS) is 18.5. The van der Waals surface area contributed by atoms with Gasteiger partial charge in [-0.1, -0.05) is 11.6 Å². The summed E-state index contributed by atoms with van der Waals surface area (Å²) in [5.41, 5.74) is 0.915. The van der Waals surface area contributed by atoms with Gasteiger partial charge in [-0.3, -0.25) is 4.79 Å². The summed E-state index contributed by atoms with van der Waals surface area (Å²) in [7, 11) is 1.33. The van der Waals surface area contributed by atoms with Crippen LogP contribution in [0.2, 0.25) is 5.02 Å². The van der Waals surface area contributed by atoms with Crippen LogP contribution in [0.1, 0.15) is 6.42 Å². The summed E-state index contributed by atoms with van der Waals surface area (Å²) < 4.78 is 4.70. The Hall–Kier alpha value is -1.95. The van der Waals surface area contributed by atoms with E-state index in [-0.39, 0.29) is 25.0 Å². The van der Waals surface area contributed by atoms with Crippen molar-refractivity contribution in [1.82, 2.24) is 4.90 Å². The lowest BCUT2D eigenvalue weighted by Gasteiger charge is -2.41. The van der Waals surface area contributed by atoms with Gasteiger partial charge in [-0.2, -0.15) is 0 Å². The van der Waals surface area contributed by atoms with Crippen LogP contribution in [-0.2, 0) is 9.53 Å². The number of halogens is 1. The molecule has 7 heteroatoms.